The summed E-state index contributed by atoms with van der Waals surface area (Å²) in [6, 6.07) is 12.0. The van der Waals surface area contributed by atoms with Crippen LogP contribution in [0.3, 0.4) is 0 Å². The van der Waals surface area contributed by atoms with Gasteiger partial charge in [-0.1, -0.05) is 75.5 Å². The number of ether oxygens (including phenoxy) is 4. The lowest BCUT2D eigenvalue weighted by atomic mass is 9.98. The lowest BCUT2D eigenvalue weighted by molar-refractivity contribution is -0.155. The Balaban J connectivity index is 2.41. The Morgan fingerprint density at radius 1 is 0.804 bits per heavy atom. The maximum Gasteiger partial charge on any atom is 0.408 e. The first-order valence-corrected chi connectivity index (χ1v) is 16.8. The molecular weight excluding hydrogens is 654 g/mol. The van der Waals surface area contributed by atoms with E-state index in [2.05, 4.69) is 29.1 Å². The summed E-state index contributed by atoms with van der Waals surface area (Å²) >= 11 is 0. The van der Waals surface area contributed by atoms with E-state index < -0.39 is 59.2 Å². The fraction of sp³-hybridized carbons (Fsp3) is 0.462. The highest BCUT2D eigenvalue weighted by Crippen LogP contribution is 2.24. The Kier molecular flexibility index (Phi) is 15.9. The Morgan fingerprint density at radius 2 is 1.43 bits per heavy atom. The quantitative estimate of drug-likeness (QED) is 0.107. The molecule has 0 aromatic heterocycles. The van der Waals surface area contributed by atoms with Crippen molar-refractivity contribution < 1.29 is 42.9 Å². The van der Waals surface area contributed by atoms with E-state index in [0.29, 0.717) is 11.3 Å². The van der Waals surface area contributed by atoms with Crippen LogP contribution in [0.15, 0.2) is 73.8 Å². The van der Waals surface area contributed by atoms with Crippen LogP contribution in [0, 0.1) is 5.92 Å². The smallest absolute Gasteiger partial charge is 0.408 e. The SMILES string of the molecule is C=CCOC(=O)C(NC(=O)C(CCC(=O)OC(C)(C)C)NC(=O)[C@@H](NC(=O)OCc1ccccc1)C(=C)c1ccc(OC(C)(C)C)cc1)C(C)C. The third kappa shape index (κ3) is 15.5. The molecule has 3 atom stereocenters. The molecule has 0 bridgehead atoms. The molecule has 2 aromatic carbocycles. The molecule has 0 spiro atoms. The van der Waals surface area contributed by atoms with Crippen molar-refractivity contribution in [2.24, 2.45) is 5.92 Å². The van der Waals surface area contributed by atoms with E-state index in [1.54, 1.807) is 83.1 Å². The van der Waals surface area contributed by atoms with Crippen molar-refractivity contribution in [1.29, 1.82) is 0 Å². The average Bonchev–Trinajstić information content (AvgIpc) is 3.04. The minimum absolute atomic E-state index is 0.0596. The van der Waals surface area contributed by atoms with E-state index in [4.69, 9.17) is 18.9 Å². The number of amides is 3. The highest BCUT2D eigenvalue weighted by Gasteiger charge is 2.33. The predicted octanol–water partition coefficient (Wildman–Crippen LogP) is 5.65. The summed E-state index contributed by atoms with van der Waals surface area (Å²) in [5.74, 6) is -2.65. The Morgan fingerprint density at radius 3 is 1.98 bits per heavy atom. The van der Waals surface area contributed by atoms with Gasteiger partial charge in [0.1, 0.15) is 48.3 Å². The number of hydrogen-bond acceptors (Lipinski definition) is 9. The molecule has 0 saturated carbocycles. The van der Waals surface area contributed by atoms with Crippen molar-refractivity contribution in [3.63, 3.8) is 0 Å². The van der Waals surface area contributed by atoms with Crippen LogP contribution < -0.4 is 20.7 Å². The van der Waals surface area contributed by atoms with Gasteiger partial charge in [0.05, 0.1) is 0 Å². The first kappa shape index (κ1) is 42.0. The van der Waals surface area contributed by atoms with E-state index in [1.807, 2.05) is 26.8 Å². The van der Waals surface area contributed by atoms with Crippen molar-refractivity contribution in [2.45, 2.75) is 104 Å². The van der Waals surface area contributed by atoms with Gasteiger partial charge in [-0.25, -0.2) is 9.59 Å². The van der Waals surface area contributed by atoms with Crippen LogP contribution in [0.4, 0.5) is 4.79 Å². The van der Waals surface area contributed by atoms with Crippen LogP contribution in [0.1, 0.15) is 79.4 Å². The zero-order valence-electron chi connectivity index (χ0n) is 31.0. The molecule has 3 N–H and O–H groups in total. The van der Waals surface area contributed by atoms with Crippen molar-refractivity contribution in [2.75, 3.05) is 6.61 Å². The van der Waals surface area contributed by atoms with Gasteiger partial charge in [-0.3, -0.25) is 14.4 Å². The summed E-state index contributed by atoms with van der Waals surface area (Å²) in [6.45, 7) is 21.8. The minimum Gasteiger partial charge on any atom is -0.488 e. The van der Waals surface area contributed by atoms with Gasteiger partial charge in [0, 0.05) is 6.42 Å². The number of alkyl carbamates (subject to hydrolysis) is 1. The van der Waals surface area contributed by atoms with E-state index in [0.717, 1.165) is 5.56 Å². The van der Waals surface area contributed by atoms with Crippen LogP contribution in [-0.4, -0.2) is 65.8 Å². The molecule has 0 heterocycles. The van der Waals surface area contributed by atoms with E-state index in [-0.39, 0.29) is 37.5 Å². The number of nitrogens with one attached hydrogen (secondary N) is 3. The van der Waals surface area contributed by atoms with Crippen LogP contribution >= 0.6 is 0 Å². The molecule has 2 unspecified atom stereocenters. The molecule has 51 heavy (non-hydrogen) atoms. The molecule has 278 valence electrons. The molecule has 0 aliphatic carbocycles. The molecule has 0 aliphatic heterocycles. The van der Waals surface area contributed by atoms with Gasteiger partial charge < -0.3 is 34.9 Å². The fourth-order valence-electron chi connectivity index (χ4n) is 4.61. The van der Waals surface area contributed by atoms with Crippen LogP contribution in [0.25, 0.3) is 5.57 Å². The third-order valence-electron chi connectivity index (χ3n) is 6.99. The molecule has 12 nitrogen and oxygen atoms in total. The summed E-state index contributed by atoms with van der Waals surface area (Å²) < 4.78 is 21.9. The maximum absolute atomic E-state index is 14.0. The van der Waals surface area contributed by atoms with Crippen LogP contribution in [0.2, 0.25) is 0 Å². The van der Waals surface area contributed by atoms with Crippen molar-refractivity contribution in [1.82, 2.24) is 16.0 Å². The van der Waals surface area contributed by atoms with Crippen molar-refractivity contribution >= 4 is 35.4 Å². The van der Waals surface area contributed by atoms with Gasteiger partial charge in [-0.2, -0.15) is 0 Å². The second kappa shape index (κ2) is 19.3. The fourth-order valence-corrected chi connectivity index (χ4v) is 4.61. The van der Waals surface area contributed by atoms with E-state index in [1.165, 1.54) is 6.08 Å². The lowest BCUT2D eigenvalue weighted by Gasteiger charge is -2.27. The maximum atomic E-state index is 14.0. The van der Waals surface area contributed by atoms with Gasteiger partial charge in [0.15, 0.2) is 0 Å². The van der Waals surface area contributed by atoms with Gasteiger partial charge in [-0.05, 0) is 82.7 Å². The summed E-state index contributed by atoms with van der Waals surface area (Å²) in [4.78, 5) is 66.2. The standard InChI is InChI=1S/C39H53N3O9/c1-11-23-48-36(46)32(25(2)3)41-34(44)30(21-22-31(43)51-39(8,9)10)40-35(45)33(42-37(47)49-24-27-15-13-12-14-16-27)26(4)28-17-19-29(20-18-28)50-38(5,6)7/h11-20,25,30,32-33H,1,4,21-24H2,2-3,5-10H3,(H,40,45)(H,41,44)(H,42,47)/t30?,32?,33-/m0/s1. The second-order valence-electron chi connectivity index (χ2n) is 14.2. The summed E-state index contributed by atoms with van der Waals surface area (Å²) in [6.07, 6.45) is 0.0652. The van der Waals surface area contributed by atoms with E-state index in [9.17, 15) is 24.0 Å². The zero-order chi connectivity index (χ0) is 38.4. The normalized spacial score (nSPS) is 13.1. The molecule has 2 aromatic rings. The largest absolute Gasteiger partial charge is 0.488 e. The van der Waals surface area contributed by atoms with E-state index >= 15 is 0 Å². The summed E-state index contributed by atoms with van der Waals surface area (Å²) in [7, 11) is 0. The zero-order valence-corrected chi connectivity index (χ0v) is 31.0. The molecular formula is C39H53N3O9. The molecule has 0 saturated heterocycles. The van der Waals surface area contributed by atoms with Gasteiger partial charge in [0.25, 0.3) is 0 Å². The third-order valence-corrected chi connectivity index (χ3v) is 6.99. The van der Waals surface area contributed by atoms with Crippen molar-refractivity contribution in [3.8, 4) is 5.75 Å². The highest BCUT2D eigenvalue weighted by atomic mass is 16.6. The molecule has 3 amide bonds. The van der Waals surface area contributed by atoms with Gasteiger partial charge >= 0.3 is 18.0 Å². The topological polar surface area (TPSA) is 158 Å². The summed E-state index contributed by atoms with van der Waals surface area (Å²) in [5, 5.41) is 7.86. The van der Waals surface area contributed by atoms with Gasteiger partial charge in [0.2, 0.25) is 11.8 Å². The predicted molar refractivity (Wildman–Crippen MR) is 194 cm³/mol. The lowest BCUT2D eigenvalue weighted by Crippen LogP contribution is -2.57. The minimum atomic E-state index is -1.42. The van der Waals surface area contributed by atoms with Crippen LogP contribution in [0.5, 0.6) is 5.75 Å². The van der Waals surface area contributed by atoms with Gasteiger partial charge in [-0.15, -0.1) is 0 Å². The summed E-state index contributed by atoms with van der Waals surface area (Å²) in [5.41, 5.74) is 0.185. The molecule has 0 aliphatic rings. The molecule has 12 heteroatoms. The van der Waals surface area contributed by atoms with Crippen LogP contribution in [-0.2, 0) is 40.0 Å². The number of rotatable bonds is 17. The molecule has 2 rings (SSSR count). The number of esters is 2. The highest BCUT2D eigenvalue weighted by molar-refractivity contribution is 6.00. The monoisotopic (exact) mass is 707 g/mol. The Hall–Kier alpha value is -5.13. The number of carbonyl (C=O) groups excluding carboxylic acids is 5. The molecule has 0 radical (unpaired) electrons. The number of carbonyl (C=O) groups is 5. The second-order valence-corrected chi connectivity index (χ2v) is 14.2. The molecule has 0 fully saturated rings. The first-order chi connectivity index (χ1) is 23.8. The Labute approximate surface area is 301 Å². The number of hydrogen-bond donors (Lipinski definition) is 3. The van der Waals surface area contributed by atoms with Crippen molar-refractivity contribution in [3.05, 3.63) is 85.0 Å². The average molecular weight is 708 g/mol. The first-order valence-electron chi connectivity index (χ1n) is 16.8. The Bertz CT molecular complexity index is 1510. The number of benzene rings is 2.